The van der Waals surface area contributed by atoms with E-state index in [0.29, 0.717) is 40.9 Å². The van der Waals surface area contributed by atoms with E-state index < -0.39 is 11.9 Å². The number of rotatable bonds is 7. The Bertz CT molecular complexity index is 1200. The largest absolute Gasteiger partial charge is 0.419 e. The molecule has 0 bridgehead atoms. The van der Waals surface area contributed by atoms with Gasteiger partial charge in [0.05, 0.1) is 11.1 Å². The van der Waals surface area contributed by atoms with Crippen molar-refractivity contribution in [1.29, 1.82) is 0 Å². The molecule has 0 spiro atoms. The van der Waals surface area contributed by atoms with Gasteiger partial charge in [-0.1, -0.05) is 75.1 Å². The van der Waals surface area contributed by atoms with Gasteiger partial charge in [-0.25, -0.2) is 9.59 Å². The van der Waals surface area contributed by atoms with Gasteiger partial charge in [0, 0.05) is 5.56 Å². The van der Waals surface area contributed by atoms with Crippen molar-refractivity contribution in [2.75, 3.05) is 0 Å². The summed E-state index contributed by atoms with van der Waals surface area (Å²) in [4.78, 5) is 26.6. The number of aryl methyl sites for hydroxylation is 1. The third-order valence-electron chi connectivity index (χ3n) is 7.73. The van der Waals surface area contributed by atoms with Crippen LogP contribution in [0.15, 0.2) is 66.7 Å². The van der Waals surface area contributed by atoms with Gasteiger partial charge in [0.1, 0.15) is 0 Å². The molecule has 4 heteroatoms. The number of carbonyl (C=O) groups excluding carboxylic acids is 2. The molecule has 0 atom stereocenters. The van der Waals surface area contributed by atoms with Crippen LogP contribution in [0.2, 0.25) is 0 Å². The first-order valence-electron chi connectivity index (χ1n) is 13.4. The highest BCUT2D eigenvalue weighted by Gasteiger charge is 2.33. The van der Waals surface area contributed by atoms with Gasteiger partial charge in [-0.15, -0.1) is 0 Å². The molecule has 4 nitrogen and oxygen atoms in total. The predicted molar refractivity (Wildman–Crippen MR) is 141 cm³/mol. The molecule has 2 aliphatic rings. The molecule has 0 aliphatic heterocycles. The van der Waals surface area contributed by atoms with Crippen LogP contribution in [0.1, 0.15) is 108 Å². The van der Waals surface area contributed by atoms with Gasteiger partial charge in [-0.2, -0.15) is 0 Å². The smallest absolute Gasteiger partial charge is 0.343 e. The summed E-state index contributed by atoms with van der Waals surface area (Å²) >= 11 is 0. The quantitative estimate of drug-likeness (QED) is 0.253. The normalized spacial score (nSPS) is 16.2. The fraction of sp³-hybridized carbons (Fsp3) is 0.375. The molecule has 0 amide bonds. The molecule has 3 aromatic carbocycles. The van der Waals surface area contributed by atoms with E-state index in [4.69, 9.17) is 9.47 Å². The number of carbonyl (C=O) groups is 2. The van der Waals surface area contributed by atoms with Crippen LogP contribution in [-0.4, -0.2) is 11.9 Å². The first-order chi connectivity index (χ1) is 17.7. The van der Waals surface area contributed by atoms with E-state index in [9.17, 15) is 9.59 Å². The Morgan fingerprint density at radius 2 is 1.17 bits per heavy atom. The maximum absolute atomic E-state index is 13.4. The Kier molecular flexibility index (Phi) is 7.50. The molecule has 0 radical (unpaired) electrons. The standard InChI is InChI=1S/C32H34O4/c1-2-22-21-27(23-13-9-10-14-23)28(24-15-11-12-16-24)30(36-32(34)26-19-7-4-8-20-26)29(22)35-31(33)25-17-5-3-6-18-25/h3-8,17-21,23-24H,2,9-16H2,1H3. The highest BCUT2D eigenvalue weighted by molar-refractivity contribution is 5.94. The molecule has 2 saturated carbocycles. The van der Waals surface area contributed by atoms with Gasteiger partial charge in [0.2, 0.25) is 0 Å². The van der Waals surface area contributed by atoms with Crippen LogP contribution >= 0.6 is 0 Å². The molecular weight excluding hydrogens is 448 g/mol. The Morgan fingerprint density at radius 3 is 1.67 bits per heavy atom. The molecule has 186 valence electrons. The van der Waals surface area contributed by atoms with Crippen molar-refractivity contribution in [1.82, 2.24) is 0 Å². The van der Waals surface area contributed by atoms with Crippen molar-refractivity contribution < 1.29 is 19.1 Å². The van der Waals surface area contributed by atoms with Crippen LogP contribution < -0.4 is 9.47 Å². The molecule has 0 aromatic heterocycles. The summed E-state index contributed by atoms with van der Waals surface area (Å²) in [6.07, 6.45) is 9.87. The SMILES string of the molecule is CCc1cc(C2CCCC2)c(C2CCCC2)c(OC(=O)c2ccccc2)c1OC(=O)c1ccccc1. The lowest BCUT2D eigenvalue weighted by Crippen LogP contribution is -2.17. The third-order valence-corrected chi connectivity index (χ3v) is 7.73. The summed E-state index contributed by atoms with van der Waals surface area (Å²) in [5.41, 5.74) is 4.27. The second-order valence-electron chi connectivity index (χ2n) is 10.0. The number of esters is 2. The van der Waals surface area contributed by atoms with Crippen LogP contribution in [0.5, 0.6) is 11.5 Å². The van der Waals surface area contributed by atoms with E-state index in [1.807, 2.05) is 36.4 Å². The minimum atomic E-state index is -0.437. The summed E-state index contributed by atoms with van der Waals surface area (Å²) in [5.74, 6) is 0.768. The lowest BCUT2D eigenvalue weighted by molar-refractivity contribution is 0.0678. The summed E-state index contributed by atoms with van der Waals surface area (Å²) in [7, 11) is 0. The van der Waals surface area contributed by atoms with Gasteiger partial charge < -0.3 is 9.47 Å². The van der Waals surface area contributed by atoms with Crippen molar-refractivity contribution in [2.45, 2.75) is 76.5 Å². The molecule has 5 rings (SSSR count). The monoisotopic (exact) mass is 482 g/mol. The predicted octanol–water partition coefficient (Wildman–Crippen LogP) is 8.00. The number of hydrogen-bond acceptors (Lipinski definition) is 4. The topological polar surface area (TPSA) is 52.6 Å². The van der Waals surface area contributed by atoms with Crippen LogP contribution in [-0.2, 0) is 6.42 Å². The minimum absolute atomic E-state index is 0.305. The van der Waals surface area contributed by atoms with Crippen LogP contribution in [0.3, 0.4) is 0 Å². The lowest BCUT2D eigenvalue weighted by Gasteiger charge is -2.26. The Labute approximate surface area is 213 Å². The molecule has 0 N–H and O–H groups in total. The van der Waals surface area contributed by atoms with E-state index in [0.717, 1.165) is 49.7 Å². The van der Waals surface area contributed by atoms with E-state index >= 15 is 0 Å². The molecule has 0 heterocycles. The summed E-state index contributed by atoms with van der Waals surface area (Å²) in [5, 5.41) is 0. The summed E-state index contributed by atoms with van der Waals surface area (Å²) in [6, 6.07) is 20.3. The molecule has 2 fully saturated rings. The second-order valence-corrected chi connectivity index (χ2v) is 10.0. The Hall–Kier alpha value is -3.40. The lowest BCUT2D eigenvalue weighted by atomic mass is 9.83. The summed E-state index contributed by atoms with van der Waals surface area (Å²) in [6.45, 7) is 2.06. The van der Waals surface area contributed by atoms with E-state index in [2.05, 4.69) is 13.0 Å². The average molecular weight is 483 g/mol. The summed E-state index contributed by atoms with van der Waals surface area (Å²) < 4.78 is 12.3. The Morgan fingerprint density at radius 1 is 0.694 bits per heavy atom. The maximum atomic E-state index is 13.4. The molecule has 3 aromatic rings. The van der Waals surface area contributed by atoms with Crippen LogP contribution in [0.4, 0.5) is 0 Å². The fourth-order valence-corrected chi connectivity index (χ4v) is 5.87. The minimum Gasteiger partial charge on any atom is -0.419 e. The third kappa shape index (κ3) is 5.09. The molecule has 0 unspecified atom stereocenters. The molecule has 36 heavy (non-hydrogen) atoms. The zero-order chi connectivity index (χ0) is 24.9. The highest BCUT2D eigenvalue weighted by Crippen LogP contribution is 2.51. The molecule has 0 saturated heterocycles. The highest BCUT2D eigenvalue weighted by atomic mass is 16.6. The van der Waals surface area contributed by atoms with Crippen molar-refractivity contribution in [3.63, 3.8) is 0 Å². The second kappa shape index (κ2) is 11.1. The van der Waals surface area contributed by atoms with Gasteiger partial charge in [0.25, 0.3) is 0 Å². The van der Waals surface area contributed by atoms with Crippen LogP contribution in [0, 0.1) is 0 Å². The first-order valence-corrected chi connectivity index (χ1v) is 13.4. The molecular formula is C32H34O4. The number of ether oxygens (including phenoxy) is 2. The maximum Gasteiger partial charge on any atom is 0.343 e. The van der Waals surface area contributed by atoms with Crippen molar-refractivity contribution in [2.24, 2.45) is 0 Å². The van der Waals surface area contributed by atoms with Crippen molar-refractivity contribution in [3.8, 4) is 11.5 Å². The van der Waals surface area contributed by atoms with Crippen LogP contribution in [0.25, 0.3) is 0 Å². The van der Waals surface area contributed by atoms with E-state index in [1.165, 1.54) is 18.4 Å². The van der Waals surface area contributed by atoms with Crippen molar-refractivity contribution in [3.05, 3.63) is 94.5 Å². The first kappa shape index (κ1) is 24.3. The Balaban J connectivity index is 1.66. The molecule has 2 aliphatic carbocycles. The fourth-order valence-electron chi connectivity index (χ4n) is 5.87. The zero-order valence-electron chi connectivity index (χ0n) is 21.0. The van der Waals surface area contributed by atoms with E-state index in [1.54, 1.807) is 24.3 Å². The number of hydrogen-bond donors (Lipinski definition) is 0. The van der Waals surface area contributed by atoms with Gasteiger partial charge in [-0.3, -0.25) is 0 Å². The van der Waals surface area contributed by atoms with E-state index in [-0.39, 0.29) is 0 Å². The average Bonchev–Trinajstić information content (AvgIpc) is 3.65. The van der Waals surface area contributed by atoms with Gasteiger partial charge >= 0.3 is 11.9 Å². The van der Waals surface area contributed by atoms with Crippen molar-refractivity contribution >= 4 is 11.9 Å². The van der Waals surface area contributed by atoms with Gasteiger partial charge in [0.15, 0.2) is 11.5 Å². The zero-order valence-corrected chi connectivity index (χ0v) is 21.0. The van der Waals surface area contributed by atoms with Gasteiger partial charge in [-0.05, 0) is 79.3 Å². The number of benzene rings is 3.